The molecule has 4 heteroatoms. The number of aliphatic hydroxyl groups is 2. The minimum atomic E-state index is -0.829. The first-order chi connectivity index (χ1) is 10.6. The Morgan fingerprint density at radius 2 is 1.64 bits per heavy atom. The average Bonchev–Trinajstić information content (AvgIpc) is 2.47. The number of aliphatic carboxylic acids is 1. The molecule has 0 fully saturated rings. The molecule has 0 saturated carbocycles. The number of carboxylic acid groups (broad SMARTS) is 1. The summed E-state index contributed by atoms with van der Waals surface area (Å²) in [5, 5.41) is 28.0. The van der Waals surface area contributed by atoms with Crippen LogP contribution in [0.4, 0.5) is 0 Å². The Morgan fingerprint density at radius 1 is 0.955 bits per heavy atom. The highest BCUT2D eigenvalue weighted by molar-refractivity contribution is 5.66. The van der Waals surface area contributed by atoms with Gasteiger partial charge >= 0.3 is 5.97 Å². The predicted molar refractivity (Wildman–Crippen MR) is 89.9 cm³/mol. The fraction of sp³-hybridized carbons (Fsp3) is 0.833. The molecule has 0 spiro atoms. The van der Waals surface area contributed by atoms with E-state index >= 15 is 0 Å². The second kappa shape index (κ2) is 15.0. The average molecular weight is 314 g/mol. The van der Waals surface area contributed by atoms with E-state index in [1.54, 1.807) is 0 Å². The molecule has 22 heavy (non-hydrogen) atoms. The van der Waals surface area contributed by atoms with Crippen LogP contribution in [-0.2, 0) is 4.79 Å². The van der Waals surface area contributed by atoms with Gasteiger partial charge in [0.05, 0.1) is 12.2 Å². The minimum Gasteiger partial charge on any atom is -0.481 e. The lowest BCUT2D eigenvalue weighted by atomic mass is 10.0. The first kappa shape index (κ1) is 21.1. The summed E-state index contributed by atoms with van der Waals surface area (Å²) < 4.78 is 0. The van der Waals surface area contributed by atoms with Crippen molar-refractivity contribution in [2.75, 3.05) is 0 Å². The van der Waals surface area contributed by atoms with E-state index in [0.29, 0.717) is 25.7 Å². The van der Waals surface area contributed by atoms with E-state index in [9.17, 15) is 15.0 Å². The van der Waals surface area contributed by atoms with Crippen molar-refractivity contribution in [3.8, 4) is 0 Å². The van der Waals surface area contributed by atoms with Crippen molar-refractivity contribution in [1.82, 2.24) is 0 Å². The van der Waals surface area contributed by atoms with Crippen LogP contribution in [0.3, 0.4) is 0 Å². The third kappa shape index (κ3) is 15.5. The summed E-state index contributed by atoms with van der Waals surface area (Å²) in [6.07, 6.45) is 13.6. The fourth-order valence-corrected chi connectivity index (χ4v) is 2.39. The van der Waals surface area contributed by atoms with Crippen LogP contribution in [0.15, 0.2) is 12.2 Å². The Kier molecular flexibility index (Phi) is 14.4. The van der Waals surface area contributed by atoms with E-state index in [4.69, 9.17) is 5.11 Å². The van der Waals surface area contributed by atoms with Gasteiger partial charge in [-0.2, -0.15) is 0 Å². The molecule has 0 heterocycles. The van der Waals surface area contributed by atoms with E-state index in [-0.39, 0.29) is 6.42 Å². The summed E-state index contributed by atoms with van der Waals surface area (Å²) in [5.41, 5.74) is 0. The van der Waals surface area contributed by atoms with Gasteiger partial charge in [0.25, 0.3) is 0 Å². The van der Waals surface area contributed by atoms with Crippen molar-refractivity contribution < 1.29 is 20.1 Å². The monoisotopic (exact) mass is 314 g/mol. The second-order valence-electron chi connectivity index (χ2n) is 6.07. The molecule has 3 N–H and O–H groups in total. The second-order valence-corrected chi connectivity index (χ2v) is 6.07. The Labute approximate surface area is 135 Å². The van der Waals surface area contributed by atoms with E-state index in [1.165, 1.54) is 38.5 Å². The maximum absolute atomic E-state index is 10.4. The molecule has 0 amide bonds. The lowest BCUT2D eigenvalue weighted by Crippen LogP contribution is -2.12. The third-order valence-corrected chi connectivity index (χ3v) is 3.81. The minimum absolute atomic E-state index is 0.0950. The first-order valence-electron chi connectivity index (χ1n) is 8.80. The van der Waals surface area contributed by atoms with Crippen LogP contribution in [0.5, 0.6) is 0 Å². The highest BCUT2D eigenvalue weighted by Crippen LogP contribution is 2.11. The van der Waals surface area contributed by atoms with Crippen LogP contribution in [0.25, 0.3) is 0 Å². The van der Waals surface area contributed by atoms with Crippen LogP contribution in [-0.4, -0.2) is 33.5 Å². The Balaban J connectivity index is 3.49. The molecular weight excluding hydrogens is 280 g/mol. The fourth-order valence-electron chi connectivity index (χ4n) is 2.39. The lowest BCUT2D eigenvalue weighted by molar-refractivity contribution is -0.137. The molecule has 0 aliphatic carbocycles. The van der Waals surface area contributed by atoms with Crippen LogP contribution in [0, 0.1) is 0 Å². The van der Waals surface area contributed by atoms with Crippen LogP contribution in [0.1, 0.15) is 84.0 Å². The first-order valence-corrected chi connectivity index (χ1v) is 8.80. The highest BCUT2D eigenvalue weighted by atomic mass is 16.4. The number of unbranched alkanes of at least 4 members (excludes halogenated alkanes) is 6. The van der Waals surface area contributed by atoms with Gasteiger partial charge in [0.1, 0.15) is 0 Å². The van der Waals surface area contributed by atoms with Gasteiger partial charge in [-0.05, 0) is 38.5 Å². The molecule has 2 atom stereocenters. The molecular formula is C18H34O4. The van der Waals surface area contributed by atoms with Gasteiger partial charge in [-0.3, -0.25) is 4.79 Å². The SMILES string of the molecule is CCCCCCCC/C=C\[C@H](O)CC[C@@H](O)CCCC(=O)O. The predicted octanol–water partition coefficient (Wildman–Crippen LogP) is 4.05. The van der Waals surface area contributed by atoms with Crippen molar-refractivity contribution >= 4 is 5.97 Å². The number of rotatable bonds is 15. The largest absolute Gasteiger partial charge is 0.481 e. The number of hydrogen-bond acceptors (Lipinski definition) is 3. The molecule has 0 bridgehead atoms. The van der Waals surface area contributed by atoms with Gasteiger partial charge in [-0.1, -0.05) is 51.2 Å². The summed E-state index contributed by atoms with van der Waals surface area (Å²) in [7, 11) is 0. The molecule has 0 aliphatic rings. The smallest absolute Gasteiger partial charge is 0.303 e. The summed E-state index contributed by atoms with van der Waals surface area (Å²) >= 11 is 0. The van der Waals surface area contributed by atoms with Gasteiger partial charge in [-0.15, -0.1) is 0 Å². The summed E-state index contributed by atoms with van der Waals surface area (Å²) in [6, 6.07) is 0. The van der Waals surface area contributed by atoms with Crippen molar-refractivity contribution in [1.29, 1.82) is 0 Å². The zero-order chi connectivity index (χ0) is 16.6. The van der Waals surface area contributed by atoms with Crippen LogP contribution in [0.2, 0.25) is 0 Å². The van der Waals surface area contributed by atoms with Gasteiger partial charge < -0.3 is 15.3 Å². The molecule has 0 aliphatic heterocycles. The molecule has 0 aromatic rings. The van der Waals surface area contributed by atoms with E-state index in [0.717, 1.165) is 6.42 Å². The number of carboxylic acids is 1. The third-order valence-electron chi connectivity index (χ3n) is 3.81. The topological polar surface area (TPSA) is 77.8 Å². The molecule has 4 nitrogen and oxygen atoms in total. The quantitative estimate of drug-likeness (QED) is 0.315. The Hall–Kier alpha value is -0.870. The zero-order valence-electron chi connectivity index (χ0n) is 14.0. The number of carbonyl (C=O) groups is 1. The summed E-state index contributed by atoms with van der Waals surface area (Å²) in [6.45, 7) is 2.22. The van der Waals surface area contributed by atoms with E-state index in [2.05, 4.69) is 6.92 Å². The maximum Gasteiger partial charge on any atom is 0.303 e. The standard InChI is InChI=1S/C18H34O4/c1-2-3-4-5-6-7-8-9-11-16(19)14-15-17(20)12-10-13-18(21)22/h9,11,16-17,19-20H,2-8,10,12-15H2,1H3,(H,21,22)/b11-9-/t16-,17-/m0/s1. The molecule has 0 saturated heterocycles. The van der Waals surface area contributed by atoms with Gasteiger partial charge in [0, 0.05) is 6.42 Å². The van der Waals surface area contributed by atoms with Gasteiger partial charge in [0.15, 0.2) is 0 Å². The van der Waals surface area contributed by atoms with E-state index < -0.39 is 18.2 Å². The summed E-state index contributed by atoms with van der Waals surface area (Å²) in [5.74, 6) is -0.829. The molecule has 130 valence electrons. The molecule has 0 rings (SSSR count). The van der Waals surface area contributed by atoms with Crippen LogP contribution >= 0.6 is 0 Å². The number of aliphatic hydroxyl groups excluding tert-OH is 2. The Morgan fingerprint density at radius 3 is 2.32 bits per heavy atom. The number of allylic oxidation sites excluding steroid dienone is 1. The molecule has 0 radical (unpaired) electrons. The highest BCUT2D eigenvalue weighted by Gasteiger charge is 2.08. The van der Waals surface area contributed by atoms with Gasteiger partial charge in [-0.25, -0.2) is 0 Å². The summed E-state index contributed by atoms with van der Waals surface area (Å²) in [4.78, 5) is 10.4. The zero-order valence-corrected chi connectivity index (χ0v) is 14.0. The molecule has 0 aromatic heterocycles. The maximum atomic E-state index is 10.4. The normalized spacial score (nSPS) is 14.3. The Bertz CT molecular complexity index is 289. The van der Waals surface area contributed by atoms with Crippen molar-refractivity contribution in [2.24, 2.45) is 0 Å². The molecule has 0 aromatic carbocycles. The van der Waals surface area contributed by atoms with Crippen LogP contribution < -0.4 is 0 Å². The van der Waals surface area contributed by atoms with Gasteiger partial charge in [0.2, 0.25) is 0 Å². The van der Waals surface area contributed by atoms with E-state index in [1.807, 2.05) is 12.2 Å². The van der Waals surface area contributed by atoms with Crippen molar-refractivity contribution in [3.05, 3.63) is 12.2 Å². The van der Waals surface area contributed by atoms with Crippen molar-refractivity contribution in [3.63, 3.8) is 0 Å². The lowest BCUT2D eigenvalue weighted by Gasteiger charge is -2.11. The molecule has 0 unspecified atom stereocenters. The number of hydrogen-bond donors (Lipinski definition) is 3. The van der Waals surface area contributed by atoms with Crippen molar-refractivity contribution in [2.45, 2.75) is 96.2 Å².